The van der Waals surface area contributed by atoms with Crippen LogP contribution in [-0.2, 0) is 42.9 Å². The second-order valence-corrected chi connectivity index (χ2v) is 11.6. The first-order valence-corrected chi connectivity index (χ1v) is 15.1. The summed E-state index contributed by atoms with van der Waals surface area (Å²) >= 11 is 8.89. The van der Waals surface area contributed by atoms with E-state index in [-0.39, 0.29) is 17.3 Å². The molecule has 4 rings (SSSR count). The van der Waals surface area contributed by atoms with Gasteiger partial charge in [0.05, 0.1) is 16.6 Å². The van der Waals surface area contributed by atoms with Crippen molar-refractivity contribution in [3.63, 3.8) is 0 Å². The Morgan fingerprint density at radius 3 is 2.13 bits per heavy atom. The lowest BCUT2D eigenvalue weighted by Crippen LogP contribution is -2.66. The second-order valence-electron chi connectivity index (χ2n) is 10.2. The van der Waals surface area contributed by atoms with Gasteiger partial charge in [-0.2, -0.15) is 0 Å². The molecule has 1 aromatic heterocycles. The molecule has 0 saturated carbocycles. The zero-order valence-electron chi connectivity index (χ0n) is 25.4. The maximum atomic E-state index is 13.3. The van der Waals surface area contributed by atoms with E-state index in [1.54, 1.807) is 43.3 Å². The van der Waals surface area contributed by atoms with Crippen molar-refractivity contribution >= 4 is 73.7 Å². The zero-order valence-corrected chi connectivity index (χ0v) is 27.8. The molecule has 0 aliphatic carbocycles. The molecule has 0 amide bonds. The molecule has 2 N–H and O–H groups in total. The SMILES string of the molecule is CC(=O)OC[C@H]1O[C@@H](NC(=S)Nc2ccc(-n3c(C)nc4ccc(Br)cc4c3=O)cc2)[C@H](OC(C)=O)[C@@H](OC(C)=O)[C@H]1OC(C)=O. The number of aryl methyl sites for hydroxylation is 1. The molecule has 0 unspecified atom stereocenters. The van der Waals surface area contributed by atoms with Gasteiger partial charge in [0.25, 0.3) is 5.56 Å². The first-order chi connectivity index (χ1) is 21.7. The van der Waals surface area contributed by atoms with E-state index in [4.69, 9.17) is 35.9 Å². The molecule has 0 bridgehead atoms. The third-order valence-corrected chi connectivity index (χ3v) is 7.36. The minimum atomic E-state index is -1.35. The third kappa shape index (κ3) is 8.44. The molecule has 1 aliphatic rings. The lowest BCUT2D eigenvalue weighted by Gasteiger charge is -2.44. The molecule has 2 heterocycles. The standard InChI is InChI=1S/C30H31BrN4O10S/c1-14-32-23-11-6-19(31)12-22(23)29(40)35(14)21-9-7-20(8-10-21)33-30(46)34-28-27(44-18(5)39)26(43-17(4)38)25(42-16(3)37)24(45-28)13-41-15(2)36/h6-12,24-28H,13H2,1-5H3,(H2,33,34,46)/t24-,25+,26+,27-,28-/m1/s1. The molecule has 0 spiro atoms. The summed E-state index contributed by atoms with van der Waals surface area (Å²) < 4.78 is 29.6. The summed E-state index contributed by atoms with van der Waals surface area (Å²) in [7, 11) is 0. The minimum absolute atomic E-state index is 0.0132. The summed E-state index contributed by atoms with van der Waals surface area (Å²) in [6.07, 6.45) is -6.37. The molecular weight excluding hydrogens is 688 g/mol. The van der Waals surface area contributed by atoms with E-state index in [9.17, 15) is 24.0 Å². The first kappa shape index (κ1) is 34.5. The minimum Gasteiger partial charge on any atom is -0.463 e. The number of aromatic nitrogens is 2. The van der Waals surface area contributed by atoms with E-state index in [0.29, 0.717) is 28.1 Å². The van der Waals surface area contributed by atoms with Gasteiger partial charge < -0.3 is 34.3 Å². The molecule has 1 fully saturated rings. The fourth-order valence-electron chi connectivity index (χ4n) is 4.91. The second kappa shape index (κ2) is 14.8. The molecule has 3 aromatic rings. The van der Waals surface area contributed by atoms with Crippen molar-refractivity contribution in [1.29, 1.82) is 0 Å². The molecular formula is C30H31BrN4O10S. The van der Waals surface area contributed by atoms with Crippen molar-refractivity contribution in [2.75, 3.05) is 11.9 Å². The van der Waals surface area contributed by atoms with Gasteiger partial charge in [-0.15, -0.1) is 0 Å². The Bertz CT molecular complexity index is 1730. The fraction of sp³-hybridized carbons (Fsp3) is 0.367. The first-order valence-electron chi connectivity index (χ1n) is 13.9. The van der Waals surface area contributed by atoms with Crippen LogP contribution in [0.15, 0.2) is 51.7 Å². The number of nitrogens with one attached hydrogen (secondary N) is 2. The lowest BCUT2D eigenvalue weighted by molar-refractivity contribution is -0.254. The number of anilines is 1. The van der Waals surface area contributed by atoms with E-state index < -0.39 is 54.5 Å². The predicted molar refractivity (Wildman–Crippen MR) is 171 cm³/mol. The normalized spacial score (nSPS) is 20.7. The van der Waals surface area contributed by atoms with Gasteiger partial charge in [-0.1, -0.05) is 15.9 Å². The maximum Gasteiger partial charge on any atom is 0.303 e. The number of rotatable bonds is 8. The molecule has 46 heavy (non-hydrogen) atoms. The number of esters is 4. The zero-order chi connectivity index (χ0) is 33.7. The van der Waals surface area contributed by atoms with Crippen LogP contribution in [0.5, 0.6) is 0 Å². The van der Waals surface area contributed by atoms with Gasteiger partial charge in [0.15, 0.2) is 29.7 Å². The van der Waals surface area contributed by atoms with Crippen molar-refractivity contribution in [1.82, 2.24) is 14.9 Å². The highest BCUT2D eigenvalue weighted by atomic mass is 79.9. The number of fused-ring (bicyclic) bond motifs is 1. The van der Waals surface area contributed by atoms with E-state index in [1.165, 1.54) is 11.5 Å². The van der Waals surface area contributed by atoms with E-state index in [1.807, 2.05) is 6.07 Å². The van der Waals surface area contributed by atoms with Crippen molar-refractivity contribution in [3.8, 4) is 5.69 Å². The van der Waals surface area contributed by atoms with Crippen LogP contribution in [-0.4, -0.2) is 75.8 Å². The van der Waals surface area contributed by atoms with Crippen LogP contribution < -0.4 is 16.2 Å². The van der Waals surface area contributed by atoms with Crippen molar-refractivity contribution in [2.24, 2.45) is 0 Å². The Morgan fingerprint density at radius 1 is 0.913 bits per heavy atom. The molecule has 1 aliphatic heterocycles. The molecule has 16 heteroatoms. The van der Waals surface area contributed by atoms with Crippen LogP contribution in [0.4, 0.5) is 5.69 Å². The number of carbonyl (C=O) groups excluding carboxylic acids is 4. The van der Waals surface area contributed by atoms with Gasteiger partial charge in [0.1, 0.15) is 18.5 Å². The predicted octanol–water partition coefficient (Wildman–Crippen LogP) is 2.83. The van der Waals surface area contributed by atoms with Gasteiger partial charge in [-0.3, -0.25) is 28.5 Å². The Hall–Kier alpha value is -4.41. The summed E-state index contributed by atoms with van der Waals surface area (Å²) in [4.78, 5) is 65.5. The van der Waals surface area contributed by atoms with Gasteiger partial charge in [0.2, 0.25) is 0 Å². The van der Waals surface area contributed by atoms with Crippen LogP contribution in [0.1, 0.15) is 33.5 Å². The molecule has 2 aromatic carbocycles. The number of benzene rings is 2. The van der Waals surface area contributed by atoms with Gasteiger partial charge in [0, 0.05) is 37.9 Å². The van der Waals surface area contributed by atoms with Crippen molar-refractivity contribution in [3.05, 3.63) is 63.1 Å². The van der Waals surface area contributed by atoms with E-state index >= 15 is 0 Å². The monoisotopic (exact) mass is 718 g/mol. The highest BCUT2D eigenvalue weighted by Crippen LogP contribution is 2.29. The third-order valence-electron chi connectivity index (χ3n) is 6.65. The Kier molecular flexibility index (Phi) is 11.1. The number of thiocarbonyl (C=S) groups is 1. The highest BCUT2D eigenvalue weighted by molar-refractivity contribution is 9.10. The van der Waals surface area contributed by atoms with Crippen LogP contribution in [0.25, 0.3) is 16.6 Å². The Balaban J connectivity index is 1.57. The molecule has 5 atom stereocenters. The Labute approximate surface area is 276 Å². The Morgan fingerprint density at radius 2 is 1.52 bits per heavy atom. The average molecular weight is 720 g/mol. The van der Waals surface area contributed by atoms with Crippen LogP contribution >= 0.6 is 28.1 Å². The van der Waals surface area contributed by atoms with Crippen LogP contribution in [0.3, 0.4) is 0 Å². The number of carbonyl (C=O) groups is 4. The average Bonchev–Trinajstić information content (AvgIpc) is 2.96. The number of hydrogen-bond donors (Lipinski definition) is 2. The van der Waals surface area contributed by atoms with Crippen LogP contribution in [0, 0.1) is 6.92 Å². The van der Waals surface area contributed by atoms with Gasteiger partial charge in [-0.25, -0.2) is 4.98 Å². The van der Waals surface area contributed by atoms with E-state index in [2.05, 4.69) is 31.5 Å². The summed E-state index contributed by atoms with van der Waals surface area (Å²) in [6.45, 7) is 5.95. The summed E-state index contributed by atoms with van der Waals surface area (Å²) in [5, 5.41) is 6.34. The van der Waals surface area contributed by atoms with Gasteiger partial charge >= 0.3 is 23.9 Å². The molecule has 0 radical (unpaired) electrons. The maximum absolute atomic E-state index is 13.3. The smallest absolute Gasteiger partial charge is 0.303 e. The number of nitrogens with zero attached hydrogens (tertiary/aromatic N) is 2. The van der Waals surface area contributed by atoms with Crippen molar-refractivity contribution in [2.45, 2.75) is 65.3 Å². The molecule has 14 nitrogen and oxygen atoms in total. The largest absolute Gasteiger partial charge is 0.463 e. The quantitative estimate of drug-likeness (QED) is 0.198. The topological polar surface area (TPSA) is 173 Å². The number of hydrogen-bond acceptors (Lipinski definition) is 12. The van der Waals surface area contributed by atoms with Crippen LogP contribution in [0.2, 0.25) is 0 Å². The van der Waals surface area contributed by atoms with Crippen molar-refractivity contribution < 1.29 is 42.9 Å². The number of halogens is 1. The fourth-order valence-corrected chi connectivity index (χ4v) is 5.50. The summed E-state index contributed by atoms with van der Waals surface area (Å²) in [6, 6.07) is 12.1. The highest BCUT2D eigenvalue weighted by Gasteiger charge is 2.52. The van der Waals surface area contributed by atoms with E-state index in [0.717, 1.165) is 25.2 Å². The van der Waals surface area contributed by atoms with Gasteiger partial charge in [-0.05, 0) is 61.6 Å². The molecule has 244 valence electrons. The number of ether oxygens (including phenoxy) is 5. The summed E-state index contributed by atoms with van der Waals surface area (Å²) in [5.41, 5.74) is 1.44. The lowest BCUT2D eigenvalue weighted by atomic mass is 9.97. The summed E-state index contributed by atoms with van der Waals surface area (Å²) in [5.74, 6) is -2.37. The molecule has 1 saturated heterocycles.